The van der Waals surface area contributed by atoms with Gasteiger partial charge in [0.15, 0.2) is 0 Å². The van der Waals surface area contributed by atoms with Gasteiger partial charge in [0.25, 0.3) is 0 Å². The molecule has 114 valence electrons. The van der Waals surface area contributed by atoms with Crippen LogP contribution >= 0.6 is 0 Å². The number of hydrogen-bond donors (Lipinski definition) is 1. The number of likely N-dealkylation sites (tertiary alicyclic amines) is 2. The van der Waals surface area contributed by atoms with Crippen molar-refractivity contribution in [2.24, 2.45) is 5.92 Å². The first-order valence-corrected chi connectivity index (χ1v) is 8.36. The van der Waals surface area contributed by atoms with Gasteiger partial charge in [0.05, 0.1) is 6.10 Å². The van der Waals surface area contributed by atoms with E-state index in [9.17, 15) is 9.90 Å². The van der Waals surface area contributed by atoms with Gasteiger partial charge in [-0.3, -0.25) is 9.69 Å². The zero-order valence-corrected chi connectivity index (χ0v) is 12.6. The van der Waals surface area contributed by atoms with Crippen molar-refractivity contribution in [3.8, 4) is 0 Å². The van der Waals surface area contributed by atoms with Crippen LogP contribution < -0.4 is 0 Å². The SMILES string of the molecule is C[C@@H]1C[C@@H]2CCCC[C@H]2N1C[C@H](O)CN1CCCC1=O. The molecule has 0 unspecified atom stereocenters. The third kappa shape index (κ3) is 2.86. The lowest BCUT2D eigenvalue weighted by Crippen LogP contribution is -2.46. The summed E-state index contributed by atoms with van der Waals surface area (Å²) in [5, 5.41) is 10.4. The molecule has 4 heteroatoms. The lowest BCUT2D eigenvalue weighted by molar-refractivity contribution is -0.129. The van der Waals surface area contributed by atoms with E-state index in [1.165, 1.54) is 32.1 Å². The molecule has 3 aliphatic rings. The topological polar surface area (TPSA) is 43.8 Å². The van der Waals surface area contributed by atoms with Crippen LogP contribution in [0.5, 0.6) is 0 Å². The Morgan fingerprint density at radius 3 is 2.80 bits per heavy atom. The molecule has 2 aliphatic heterocycles. The fraction of sp³-hybridized carbons (Fsp3) is 0.938. The van der Waals surface area contributed by atoms with Crippen LogP contribution in [0.4, 0.5) is 0 Å². The van der Waals surface area contributed by atoms with Crippen LogP contribution in [0.1, 0.15) is 51.9 Å². The minimum absolute atomic E-state index is 0.217. The van der Waals surface area contributed by atoms with E-state index in [0.29, 0.717) is 25.0 Å². The van der Waals surface area contributed by atoms with Gasteiger partial charge in [-0.25, -0.2) is 0 Å². The second-order valence-corrected chi connectivity index (χ2v) is 6.99. The standard InChI is InChI=1S/C16H28N2O2/c1-12-9-13-5-2-3-6-15(13)18(12)11-14(19)10-17-8-4-7-16(17)20/h12-15,19H,2-11H2,1H3/t12-,13+,14-,15-/m1/s1. The maximum Gasteiger partial charge on any atom is 0.222 e. The predicted molar refractivity (Wildman–Crippen MR) is 78.4 cm³/mol. The Morgan fingerprint density at radius 2 is 2.05 bits per heavy atom. The molecule has 2 heterocycles. The highest BCUT2D eigenvalue weighted by Crippen LogP contribution is 2.39. The Morgan fingerprint density at radius 1 is 1.25 bits per heavy atom. The smallest absolute Gasteiger partial charge is 0.222 e. The molecule has 3 fully saturated rings. The van der Waals surface area contributed by atoms with Gasteiger partial charge in [0.2, 0.25) is 5.91 Å². The second-order valence-electron chi connectivity index (χ2n) is 6.99. The van der Waals surface area contributed by atoms with Crippen LogP contribution in [-0.2, 0) is 4.79 Å². The van der Waals surface area contributed by atoms with Gasteiger partial charge in [0, 0.05) is 38.1 Å². The molecule has 2 saturated heterocycles. The van der Waals surface area contributed by atoms with Crippen LogP contribution in [0.2, 0.25) is 0 Å². The molecule has 0 radical (unpaired) electrons. The number of β-amino-alcohol motifs (C(OH)–C–C–N with tert-alkyl or cyclic N) is 1. The Hall–Kier alpha value is -0.610. The van der Waals surface area contributed by atoms with Crippen molar-refractivity contribution >= 4 is 5.91 Å². The quantitative estimate of drug-likeness (QED) is 0.851. The first-order valence-electron chi connectivity index (χ1n) is 8.36. The second kappa shape index (κ2) is 6.02. The van der Waals surface area contributed by atoms with Crippen LogP contribution in [0.3, 0.4) is 0 Å². The van der Waals surface area contributed by atoms with Crippen molar-refractivity contribution < 1.29 is 9.90 Å². The average Bonchev–Trinajstić information content (AvgIpc) is 2.95. The summed E-state index contributed by atoms with van der Waals surface area (Å²) in [4.78, 5) is 16.0. The molecule has 4 atom stereocenters. The van der Waals surface area contributed by atoms with Crippen LogP contribution in [0.15, 0.2) is 0 Å². The highest BCUT2D eigenvalue weighted by Gasteiger charge is 2.40. The molecule has 4 nitrogen and oxygen atoms in total. The largest absolute Gasteiger partial charge is 0.390 e. The molecule has 0 aromatic carbocycles. The van der Waals surface area contributed by atoms with Gasteiger partial charge in [-0.15, -0.1) is 0 Å². The summed E-state index contributed by atoms with van der Waals surface area (Å²) >= 11 is 0. The van der Waals surface area contributed by atoms with E-state index < -0.39 is 0 Å². The molecule has 1 aliphatic carbocycles. The van der Waals surface area contributed by atoms with E-state index in [1.807, 2.05) is 4.90 Å². The van der Waals surface area contributed by atoms with E-state index in [2.05, 4.69) is 11.8 Å². The molecule has 3 rings (SSSR count). The summed E-state index contributed by atoms with van der Waals surface area (Å²) < 4.78 is 0. The van der Waals surface area contributed by atoms with Gasteiger partial charge in [-0.2, -0.15) is 0 Å². The highest BCUT2D eigenvalue weighted by molar-refractivity contribution is 5.78. The maximum atomic E-state index is 11.6. The molecule has 0 aromatic heterocycles. The fourth-order valence-electron chi connectivity index (χ4n) is 4.57. The normalized spacial score (nSPS) is 36.4. The summed E-state index contributed by atoms with van der Waals surface area (Å²) in [5.74, 6) is 1.06. The van der Waals surface area contributed by atoms with Crippen LogP contribution in [0.25, 0.3) is 0 Å². The first kappa shape index (κ1) is 14.3. The fourth-order valence-corrected chi connectivity index (χ4v) is 4.57. The van der Waals surface area contributed by atoms with E-state index in [-0.39, 0.29) is 12.0 Å². The van der Waals surface area contributed by atoms with Gasteiger partial charge < -0.3 is 10.0 Å². The minimum Gasteiger partial charge on any atom is -0.390 e. The number of nitrogens with zero attached hydrogens (tertiary/aromatic N) is 2. The maximum absolute atomic E-state index is 11.6. The third-order valence-corrected chi connectivity index (χ3v) is 5.53. The minimum atomic E-state index is -0.389. The Kier molecular flexibility index (Phi) is 4.32. The van der Waals surface area contributed by atoms with E-state index in [1.54, 1.807) is 0 Å². The third-order valence-electron chi connectivity index (χ3n) is 5.53. The molecular weight excluding hydrogens is 252 g/mol. The Balaban J connectivity index is 1.54. The number of carbonyl (C=O) groups excluding carboxylic acids is 1. The molecule has 0 spiro atoms. The van der Waals surface area contributed by atoms with E-state index in [4.69, 9.17) is 0 Å². The monoisotopic (exact) mass is 280 g/mol. The average molecular weight is 280 g/mol. The lowest BCUT2D eigenvalue weighted by atomic mass is 9.85. The number of carbonyl (C=O) groups is 1. The van der Waals surface area contributed by atoms with Gasteiger partial charge in [0.1, 0.15) is 0 Å². The number of amides is 1. The summed E-state index contributed by atoms with van der Waals surface area (Å²) in [7, 11) is 0. The number of rotatable bonds is 4. The van der Waals surface area contributed by atoms with Crippen LogP contribution in [-0.4, -0.2) is 58.6 Å². The van der Waals surface area contributed by atoms with Gasteiger partial charge >= 0.3 is 0 Å². The van der Waals surface area contributed by atoms with Crippen molar-refractivity contribution in [1.82, 2.24) is 9.80 Å². The van der Waals surface area contributed by atoms with Crippen molar-refractivity contribution in [2.75, 3.05) is 19.6 Å². The number of aliphatic hydroxyl groups is 1. The Bertz CT molecular complexity index is 360. The van der Waals surface area contributed by atoms with Crippen molar-refractivity contribution in [3.05, 3.63) is 0 Å². The van der Waals surface area contributed by atoms with Gasteiger partial charge in [-0.1, -0.05) is 12.8 Å². The summed E-state index contributed by atoms with van der Waals surface area (Å²) in [6.07, 6.45) is 7.91. The summed E-state index contributed by atoms with van der Waals surface area (Å²) in [5.41, 5.74) is 0. The molecule has 20 heavy (non-hydrogen) atoms. The van der Waals surface area contributed by atoms with Crippen molar-refractivity contribution in [2.45, 2.75) is 70.1 Å². The number of hydrogen-bond acceptors (Lipinski definition) is 3. The van der Waals surface area contributed by atoms with E-state index in [0.717, 1.165) is 25.4 Å². The lowest BCUT2D eigenvalue weighted by Gasteiger charge is -2.35. The van der Waals surface area contributed by atoms with Gasteiger partial charge in [-0.05, 0) is 38.5 Å². The van der Waals surface area contributed by atoms with Crippen LogP contribution in [0, 0.1) is 5.92 Å². The molecule has 1 N–H and O–H groups in total. The first-order chi connectivity index (χ1) is 9.65. The molecule has 1 amide bonds. The van der Waals surface area contributed by atoms with Crippen molar-refractivity contribution in [1.29, 1.82) is 0 Å². The molecule has 0 bridgehead atoms. The molecule has 1 saturated carbocycles. The summed E-state index contributed by atoms with van der Waals surface area (Å²) in [6, 6.07) is 1.27. The summed E-state index contributed by atoms with van der Waals surface area (Å²) in [6.45, 7) is 4.40. The van der Waals surface area contributed by atoms with E-state index >= 15 is 0 Å². The zero-order valence-electron chi connectivity index (χ0n) is 12.6. The highest BCUT2D eigenvalue weighted by atomic mass is 16.3. The molecule has 0 aromatic rings. The Labute approximate surface area is 122 Å². The number of fused-ring (bicyclic) bond motifs is 1. The predicted octanol–water partition coefficient (Wildman–Crippen LogP) is 1.62. The molecular formula is C16H28N2O2. The number of aliphatic hydroxyl groups excluding tert-OH is 1. The van der Waals surface area contributed by atoms with Crippen molar-refractivity contribution in [3.63, 3.8) is 0 Å². The zero-order chi connectivity index (χ0) is 14.1.